The van der Waals surface area contributed by atoms with Crippen molar-refractivity contribution in [2.24, 2.45) is 0 Å². The molecule has 2 heterocycles. The molecule has 3 rings (SSSR count). The minimum atomic E-state index is 0.336. The summed E-state index contributed by atoms with van der Waals surface area (Å²) in [5, 5.41) is 0. The van der Waals surface area contributed by atoms with Crippen molar-refractivity contribution in [3.05, 3.63) is 29.3 Å². The molecule has 0 spiro atoms. The third-order valence-corrected chi connectivity index (χ3v) is 6.23. The highest BCUT2D eigenvalue weighted by Crippen LogP contribution is 2.24. The Hall–Kier alpha value is -1.00. The van der Waals surface area contributed by atoms with E-state index in [1.165, 1.54) is 42.0 Å². The second-order valence-electron chi connectivity index (χ2n) is 6.87. The van der Waals surface area contributed by atoms with E-state index in [0.717, 1.165) is 25.3 Å². The number of benzene rings is 1. The fraction of sp³-hybridized carbons (Fsp3) is 0.632. The summed E-state index contributed by atoms with van der Waals surface area (Å²) >= 11 is 1.80. The number of carbonyl (C=O) groups excluding carboxylic acids is 1. The summed E-state index contributed by atoms with van der Waals surface area (Å²) in [4.78, 5) is 18.4. The molecule has 4 heteroatoms. The van der Waals surface area contributed by atoms with Crippen molar-refractivity contribution >= 4 is 17.7 Å². The number of rotatable bonds is 5. The average molecular weight is 333 g/mol. The lowest BCUT2D eigenvalue weighted by atomic mass is 10.1. The quantitative estimate of drug-likeness (QED) is 0.771. The van der Waals surface area contributed by atoms with Crippen LogP contribution in [0.5, 0.6) is 0 Å². The molecule has 0 aromatic heterocycles. The monoisotopic (exact) mass is 332 g/mol. The predicted molar refractivity (Wildman–Crippen MR) is 97.0 cm³/mol. The highest BCUT2D eigenvalue weighted by molar-refractivity contribution is 7.99. The van der Waals surface area contributed by atoms with Crippen molar-refractivity contribution in [1.82, 2.24) is 9.80 Å². The third-order valence-electron chi connectivity index (χ3n) is 5.24. The van der Waals surface area contributed by atoms with Crippen LogP contribution < -0.4 is 0 Å². The molecule has 126 valence electrons. The van der Waals surface area contributed by atoms with Crippen molar-refractivity contribution < 1.29 is 4.79 Å². The number of amides is 1. The van der Waals surface area contributed by atoms with Gasteiger partial charge in [-0.1, -0.05) is 6.07 Å². The molecule has 2 fully saturated rings. The summed E-state index contributed by atoms with van der Waals surface area (Å²) in [7, 11) is 0. The molecule has 1 amide bonds. The zero-order chi connectivity index (χ0) is 16.2. The zero-order valence-electron chi connectivity index (χ0n) is 14.4. The SMILES string of the molecule is Cc1ccc(SCCC(=O)N2CC[C@H](N3CCCC3)C2)cc1C. The smallest absolute Gasteiger partial charge is 0.223 e. The van der Waals surface area contributed by atoms with Crippen LogP contribution in [-0.2, 0) is 4.79 Å². The molecular weight excluding hydrogens is 304 g/mol. The van der Waals surface area contributed by atoms with E-state index in [1.807, 2.05) is 0 Å². The number of likely N-dealkylation sites (tertiary alicyclic amines) is 2. The molecule has 0 aliphatic carbocycles. The van der Waals surface area contributed by atoms with Gasteiger partial charge in [0.2, 0.25) is 5.91 Å². The Labute approximate surface area is 144 Å². The van der Waals surface area contributed by atoms with Crippen LogP contribution in [-0.4, -0.2) is 53.7 Å². The van der Waals surface area contributed by atoms with Crippen LogP contribution in [0.25, 0.3) is 0 Å². The summed E-state index contributed by atoms with van der Waals surface area (Å²) in [5.41, 5.74) is 2.66. The van der Waals surface area contributed by atoms with Gasteiger partial charge in [0.25, 0.3) is 0 Å². The van der Waals surface area contributed by atoms with Gasteiger partial charge in [-0.2, -0.15) is 0 Å². The summed E-state index contributed by atoms with van der Waals surface area (Å²) in [6, 6.07) is 7.18. The van der Waals surface area contributed by atoms with Crippen LogP contribution >= 0.6 is 11.8 Å². The van der Waals surface area contributed by atoms with E-state index in [2.05, 4.69) is 41.8 Å². The molecule has 23 heavy (non-hydrogen) atoms. The van der Waals surface area contributed by atoms with Crippen LogP contribution in [0.1, 0.15) is 36.8 Å². The number of nitrogens with zero attached hydrogens (tertiary/aromatic N) is 2. The number of thioether (sulfide) groups is 1. The molecule has 2 aliphatic heterocycles. The maximum absolute atomic E-state index is 12.4. The first-order valence-electron chi connectivity index (χ1n) is 8.85. The summed E-state index contributed by atoms with van der Waals surface area (Å²) in [5.74, 6) is 1.22. The summed E-state index contributed by atoms with van der Waals surface area (Å²) in [6.45, 7) is 8.65. The van der Waals surface area contributed by atoms with Gasteiger partial charge in [0.15, 0.2) is 0 Å². The van der Waals surface area contributed by atoms with Crippen molar-refractivity contribution in [2.45, 2.75) is 50.5 Å². The van der Waals surface area contributed by atoms with Gasteiger partial charge < -0.3 is 4.90 Å². The maximum atomic E-state index is 12.4. The first-order chi connectivity index (χ1) is 11.1. The molecule has 0 radical (unpaired) electrons. The molecule has 3 nitrogen and oxygen atoms in total. The Morgan fingerprint density at radius 2 is 1.96 bits per heavy atom. The largest absolute Gasteiger partial charge is 0.341 e. The molecule has 1 aromatic rings. The second-order valence-corrected chi connectivity index (χ2v) is 8.04. The van der Waals surface area contributed by atoms with E-state index in [-0.39, 0.29) is 0 Å². The standard InChI is InChI=1S/C19H28N2OS/c1-15-5-6-18(13-16(15)2)23-12-8-19(22)21-11-7-17(14-21)20-9-3-4-10-20/h5-6,13,17H,3-4,7-12,14H2,1-2H3/t17-/m0/s1. The minimum absolute atomic E-state index is 0.336. The molecule has 1 aromatic carbocycles. The van der Waals surface area contributed by atoms with Gasteiger partial charge in [-0.25, -0.2) is 0 Å². The third kappa shape index (κ3) is 4.30. The molecule has 1 atom stereocenters. The van der Waals surface area contributed by atoms with Crippen LogP contribution in [0.3, 0.4) is 0 Å². The lowest BCUT2D eigenvalue weighted by Crippen LogP contribution is -2.37. The van der Waals surface area contributed by atoms with Gasteiger partial charge in [-0.15, -0.1) is 11.8 Å². The molecule has 2 aliphatic rings. The lowest BCUT2D eigenvalue weighted by molar-refractivity contribution is -0.129. The normalized spacial score (nSPS) is 22.0. The van der Waals surface area contributed by atoms with Crippen LogP contribution in [0.4, 0.5) is 0 Å². The Kier molecular flexibility index (Phi) is 5.65. The minimum Gasteiger partial charge on any atom is -0.341 e. The second kappa shape index (κ2) is 7.71. The lowest BCUT2D eigenvalue weighted by Gasteiger charge is -2.23. The maximum Gasteiger partial charge on any atom is 0.223 e. The van der Waals surface area contributed by atoms with Crippen molar-refractivity contribution in [3.63, 3.8) is 0 Å². The van der Waals surface area contributed by atoms with Crippen LogP contribution in [0.2, 0.25) is 0 Å². The van der Waals surface area contributed by atoms with Crippen LogP contribution in [0, 0.1) is 13.8 Å². The van der Waals surface area contributed by atoms with Crippen molar-refractivity contribution in [1.29, 1.82) is 0 Å². The molecule has 2 saturated heterocycles. The molecule has 0 N–H and O–H groups in total. The van der Waals surface area contributed by atoms with Crippen LogP contribution in [0.15, 0.2) is 23.1 Å². The molecule has 0 saturated carbocycles. The Morgan fingerprint density at radius 1 is 1.17 bits per heavy atom. The van der Waals surface area contributed by atoms with Gasteiger partial charge >= 0.3 is 0 Å². The highest BCUT2D eigenvalue weighted by Gasteiger charge is 2.31. The van der Waals surface area contributed by atoms with Gasteiger partial charge in [0.05, 0.1) is 0 Å². The Morgan fingerprint density at radius 3 is 2.70 bits per heavy atom. The fourth-order valence-electron chi connectivity index (χ4n) is 3.59. The number of aryl methyl sites for hydroxylation is 2. The van der Waals surface area contributed by atoms with E-state index in [0.29, 0.717) is 18.4 Å². The first-order valence-corrected chi connectivity index (χ1v) is 9.84. The summed E-state index contributed by atoms with van der Waals surface area (Å²) in [6.07, 6.45) is 4.48. The fourth-order valence-corrected chi connectivity index (χ4v) is 4.53. The number of hydrogen-bond acceptors (Lipinski definition) is 3. The number of hydrogen-bond donors (Lipinski definition) is 0. The Bertz CT molecular complexity index is 554. The van der Waals surface area contributed by atoms with Crippen molar-refractivity contribution in [2.75, 3.05) is 31.9 Å². The highest BCUT2D eigenvalue weighted by atomic mass is 32.2. The first kappa shape index (κ1) is 16.8. The van der Waals surface area contributed by atoms with Gasteiger partial charge in [-0.3, -0.25) is 9.69 Å². The molecule has 0 unspecified atom stereocenters. The van der Waals surface area contributed by atoms with E-state index in [1.54, 1.807) is 11.8 Å². The van der Waals surface area contributed by atoms with E-state index in [9.17, 15) is 4.79 Å². The number of carbonyl (C=O) groups is 1. The molecular formula is C19H28N2OS. The van der Waals surface area contributed by atoms with Gasteiger partial charge in [0, 0.05) is 36.2 Å². The van der Waals surface area contributed by atoms with E-state index < -0.39 is 0 Å². The predicted octanol–water partition coefficient (Wildman–Crippen LogP) is 3.48. The topological polar surface area (TPSA) is 23.6 Å². The van der Waals surface area contributed by atoms with E-state index >= 15 is 0 Å². The van der Waals surface area contributed by atoms with Gasteiger partial charge in [0.1, 0.15) is 0 Å². The summed E-state index contributed by atoms with van der Waals surface area (Å²) < 4.78 is 0. The van der Waals surface area contributed by atoms with Gasteiger partial charge in [-0.05, 0) is 69.5 Å². The average Bonchev–Trinajstić information content (AvgIpc) is 3.20. The van der Waals surface area contributed by atoms with E-state index in [4.69, 9.17) is 0 Å². The zero-order valence-corrected chi connectivity index (χ0v) is 15.2. The Balaban J connectivity index is 1.42. The van der Waals surface area contributed by atoms with Crippen molar-refractivity contribution in [3.8, 4) is 0 Å². The molecule has 0 bridgehead atoms.